The summed E-state index contributed by atoms with van der Waals surface area (Å²) < 4.78 is 13.4. The quantitative estimate of drug-likeness (QED) is 0.625. The van der Waals surface area contributed by atoms with Crippen LogP contribution in [0.3, 0.4) is 0 Å². The first-order valence-electron chi connectivity index (χ1n) is 5.91. The summed E-state index contributed by atoms with van der Waals surface area (Å²) in [5, 5.41) is 11.2. The van der Waals surface area contributed by atoms with Crippen molar-refractivity contribution in [1.82, 2.24) is 0 Å². The SMILES string of the molecule is CCC1CN(c2cc(F)cc([N+](=O)[O-])c2)CCS1. The van der Waals surface area contributed by atoms with Crippen molar-refractivity contribution in [2.24, 2.45) is 0 Å². The Balaban J connectivity index is 2.24. The fraction of sp³-hybridized carbons (Fsp3) is 0.500. The van der Waals surface area contributed by atoms with Crippen LogP contribution in [0.2, 0.25) is 0 Å². The van der Waals surface area contributed by atoms with Crippen LogP contribution in [0.1, 0.15) is 13.3 Å². The zero-order valence-corrected chi connectivity index (χ0v) is 11.0. The second-order valence-corrected chi connectivity index (χ2v) is 5.68. The van der Waals surface area contributed by atoms with Crippen molar-refractivity contribution in [1.29, 1.82) is 0 Å². The van der Waals surface area contributed by atoms with Gasteiger partial charge in [0.15, 0.2) is 0 Å². The molecule has 0 aromatic heterocycles. The lowest BCUT2D eigenvalue weighted by Crippen LogP contribution is -2.37. The average molecular weight is 270 g/mol. The van der Waals surface area contributed by atoms with Gasteiger partial charge < -0.3 is 4.90 Å². The van der Waals surface area contributed by atoms with Gasteiger partial charge in [0.1, 0.15) is 5.82 Å². The van der Waals surface area contributed by atoms with E-state index in [-0.39, 0.29) is 5.69 Å². The molecule has 0 N–H and O–H groups in total. The van der Waals surface area contributed by atoms with Gasteiger partial charge in [0.2, 0.25) is 0 Å². The van der Waals surface area contributed by atoms with Crippen LogP contribution in [0.4, 0.5) is 15.8 Å². The molecule has 1 aromatic rings. The van der Waals surface area contributed by atoms with Crippen LogP contribution in [0, 0.1) is 15.9 Å². The van der Waals surface area contributed by atoms with Crippen LogP contribution >= 0.6 is 11.8 Å². The van der Waals surface area contributed by atoms with Gasteiger partial charge in [-0.1, -0.05) is 6.92 Å². The zero-order valence-electron chi connectivity index (χ0n) is 10.1. The first-order chi connectivity index (χ1) is 8.60. The Kier molecular flexibility index (Phi) is 4.06. The van der Waals surface area contributed by atoms with Crippen LogP contribution in [-0.4, -0.2) is 29.0 Å². The van der Waals surface area contributed by atoms with E-state index >= 15 is 0 Å². The van der Waals surface area contributed by atoms with Crippen molar-refractivity contribution >= 4 is 23.1 Å². The molecular weight excluding hydrogens is 255 g/mol. The number of nitrogens with zero attached hydrogens (tertiary/aromatic N) is 2. The Morgan fingerprint density at radius 3 is 3.00 bits per heavy atom. The summed E-state index contributed by atoms with van der Waals surface area (Å²) in [5.74, 6) is 0.425. The van der Waals surface area contributed by atoms with E-state index in [0.29, 0.717) is 10.9 Å². The number of non-ortho nitro benzene ring substituents is 1. The molecule has 0 bridgehead atoms. The second-order valence-electron chi connectivity index (χ2n) is 4.27. The van der Waals surface area contributed by atoms with Gasteiger partial charge in [-0.3, -0.25) is 10.1 Å². The lowest BCUT2D eigenvalue weighted by Gasteiger charge is -2.33. The molecule has 1 aliphatic rings. The van der Waals surface area contributed by atoms with E-state index < -0.39 is 10.7 Å². The minimum atomic E-state index is -0.553. The van der Waals surface area contributed by atoms with Crippen molar-refractivity contribution in [2.75, 3.05) is 23.7 Å². The average Bonchev–Trinajstić information content (AvgIpc) is 2.38. The maximum absolute atomic E-state index is 13.4. The molecule has 0 amide bonds. The molecule has 2 rings (SSSR count). The molecule has 1 fully saturated rings. The summed E-state index contributed by atoms with van der Waals surface area (Å²) in [6, 6.07) is 3.78. The molecule has 1 atom stereocenters. The summed E-state index contributed by atoms with van der Waals surface area (Å²) in [4.78, 5) is 12.2. The van der Waals surface area contributed by atoms with E-state index in [0.717, 1.165) is 31.3 Å². The van der Waals surface area contributed by atoms with Gasteiger partial charge in [-0.15, -0.1) is 0 Å². The Morgan fingerprint density at radius 1 is 1.56 bits per heavy atom. The van der Waals surface area contributed by atoms with Gasteiger partial charge in [0.05, 0.1) is 11.0 Å². The van der Waals surface area contributed by atoms with Gasteiger partial charge in [-0.2, -0.15) is 11.8 Å². The first kappa shape index (κ1) is 13.1. The summed E-state index contributed by atoms with van der Waals surface area (Å²) in [6.45, 7) is 3.75. The van der Waals surface area contributed by atoms with Gasteiger partial charge in [-0.25, -0.2) is 4.39 Å². The maximum atomic E-state index is 13.4. The number of anilines is 1. The van der Waals surface area contributed by atoms with Crippen LogP contribution < -0.4 is 4.90 Å². The van der Waals surface area contributed by atoms with Crippen LogP contribution in [0.5, 0.6) is 0 Å². The largest absolute Gasteiger partial charge is 0.369 e. The monoisotopic (exact) mass is 270 g/mol. The number of halogens is 1. The molecule has 0 radical (unpaired) electrons. The summed E-state index contributed by atoms with van der Waals surface area (Å²) in [7, 11) is 0. The van der Waals surface area contributed by atoms with E-state index in [1.807, 2.05) is 16.7 Å². The molecule has 1 aromatic carbocycles. The smallest absolute Gasteiger partial charge is 0.274 e. The standard InChI is InChI=1S/C12H15FN2O2S/c1-2-12-8-14(3-4-18-12)10-5-9(13)6-11(7-10)15(16)17/h5-7,12H,2-4,8H2,1H3. The fourth-order valence-corrected chi connectivity index (χ4v) is 3.23. The molecule has 4 nitrogen and oxygen atoms in total. The topological polar surface area (TPSA) is 46.4 Å². The first-order valence-corrected chi connectivity index (χ1v) is 6.96. The second kappa shape index (κ2) is 5.56. The minimum absolute atomic E-state index is 0.184. The van der Waals surface area contributed by atoms with E-state index in [4.69, 9.17) is 0 Å². The number of hydrogen-bond donors (Lipinski definition) is 0. The maximum Gasteiger partial charge on any atom is 0.274 e. The number of benzene rings is 1. The van der Waals surface area contributed by atoms with Gasteiger partial charge >= 0.3 is 0 Å². The molecule has 0 aliphatic carbocycles. The lowest BCUT2D eigenvalue weighted by molar-refractivity contribution is -0.385. The molecule has 1 unspecified atom stereocenters. The molecule has 6 heteroatoms. The number of nitro groups is 1. The Morgan fingerprint density at radius 2 is 2.33 bits per heavy atom. The van der Waals surface area contributed by atoms with Crippen molar-refractivity contribution in [3.63, 3.8) is 0 Å². The Bertz CT molecular complexity index is 456. The highest BCUT2D eigenvalue weighted by atomic mass is 32.2. The minimum Gasteiger partial charge on any atom is -0.369 e. The third-order valence-corrected chi connectivity index (χ3v) is 4.41. The van der Waals surface area contributed by atoms with Crippen LogP contribution in [0.15, 0.2) is 18.2 Å². The molecule has 0 saturated carbocycles. The molecule has 0 spiro atoms. The predicted octanol–water partition coefficient (Wildman–Crippen LogP) is 3.07. The molecular formula is C12H15FN2O2S. The zero-order chi connectivity index (χ0) is 13.1. The molecule has 1 aliphatic heterocycles. The molecule has 18 heavy (non-hydrogen) atoms. The van der Waals surface area contributed by atoms with Crippen molar-refractivity contribution < 1.29 is 9.31 Å². The molecule has 1 saturated heterocycles. The number of rotatable bonds is 3. The van der Waals surface area contributed by atoms with E-state index in [2.05, 4.69) is 6.92 Å². The normalized spacial score (nSPS) is 19.9. The number of nitro benzene ring substituents is 1. The third kappa shape index (κ3) is 2.93. The van der Waals surface area contributed by atoms with E-state index in [1.165, 1.54) is 12.1 Å². The van der Waals surface area contributed by atoms with E-state index in [1.54, 1.807) is 0 Å². The van der Waals surface area contributed by atoms with Gasteiger partial charge in [-0.05, 0) is 12.5 Å². The van der Waals surface area contributed by atoms with Crippen molar-refractivity contribution in [3.8, 4) is 0 Å². The highest BCUT2D eigenvalue weighted by Crippen LogP contribution is 2.28. The lowest BCUT2D eigenvalue weighted by atomic mass is 10.2. The highest BCUT2D eigenvalue weighted by Gasteiger charge is 2.21. The summed E-state index contributed by atoms with van der Waals surface area (Å²) in [6.07, 6.45) is 1.05. The summed E-state index contributed by atoms with van der Waals surface area (Å²) in [5.41, 5.74) is 0.428. The van der Waals surface area contributed by atoms with Crippen molar-refractivity contribution in [3.05, 3.63) is 34.1 Å². The van der Waals surface area contributed by atoms with Gasteiger partial charge in [0, 0.05) is 35.8 Å². The number of hydrogen-bond acceptors (Lipinski definition) is 4. The van der Waals surface area contributed by atoms with Crippen LogP contribution in [0.25, 0.3) is 0 Å². The third-order valence-electron chi connectivity index (χ3n) is 3.04. The van der Waals surface area contributed by atoms with Gasteiger partial charge in [0.25, 0.3) is 5.69 Å². The Labute approximate surface area is 109 Å². The Hall–Kier alpha value is -1.30. The predicted molar refractivity (Wildman–Crippen MR) is 71.8 cm³/mol. The van der Waals surface area contributed by atoms with Crippen molar-refractivity contribution in [2.45, 2.75) is 18.6 Å². The fourth-order valence-electron chi connectivity index (χ4n) is 2.05. The van der Waals surface area contributed by atoms with E-state index in [9.17, 15) is 14.5 Å². The highest BCUT2D eigenvalue weighted by molar-refractivity contribution is 8.00. The summed E-state index contributed by atoms with van der Waals surface area (Å²) >= 11 is 1.91. The molecule has 1 heterocycles. The molecule has 98 valence electrons. The van der Waals surface area contributed by atoms with Crippen LogP contribution in [-0.2, 0) is 0 Å². The number of thioether (sulfide) groups is 1.